The molecule has 0 aromatic heterocycles. The number of carbonyl (C=O) groups excluding carboxylic acids is 1. The van der Waals surface area contributed by atoms with Gasteiger partial charge in [-0.2, -0.15) is 0 Å². The number of esters is 1. The number of rotatable bonds is 9. The minimum Gasteiger partial charge on any atom is -0.463 e. The molecule has 0 saturated carbocycles. The number of hydrogen-bond donors (Lipinski definition) is 0. The third kappa shape index (κ3) is 9.24. The first kappa shape index (κ1) is 16.5. The van der Waals surface area contributed by atoms with Crippen LogP contribution in [0.15, 0.2) is 11.6 Å². The third-order valence-electron chi connectivity index (χ3n) is 1.52. The van der Waals surface area contributed by atoms with E-state index in [0.29, 0.717) is 26.4 Å². The van der Waals surface area contributed by atoms with Crippen molar-refractivity contribution in [3.8, 4) is 0 Å². The highest BCUT2D eigenvalue weighted by atomic mass is 31.2. The van der Waals surface area contributed by atoms with E-state index in [0.717, 1.165) is 5.57 Å². The van der Waals surface area contributed by atoms with Crippen molar-refractivity contribution in [2.24, 2.45) is 0 Å². The lowest BCUT2D eigenvalue weighted by atomic mass is 10.3. The van der Waals surface area contributed by atoms with E-state index in [1.54, 1.807) is 13.8 Å². The Morgan fingerprint density at radius 1 is 1.06 bits per heavy atom. The summed E-state index contributed by atoms with van der Waals surface area (Å²) < 4.78 is 20.7. The van der Waals surface area contributed by atoms with E-state index in [1.165, 1.54) is 6.08 Å². The lowest BCUT2D eigenvalue weighted by Gasteiger charge is -2.14. The van der Waals surface area contributed by atoms with Crippen LogP contribution in [0.4, 0.5) is 0 Å². The monoisotopic (exact) mass is 264 g/mol. The second-order valence-electron chi connectivity index (χ2n) is 3.08. The highest BCUT2D eigenvalue weighted by molar-refractivity contribution is 7.41. The van der Waals surface area contributed by atoms with Crippen molar-refractivity contribution in [1.29, 1.82) is 0 Å². The van der Waals surface area contributed by atoms with Crippen LogP contribution in [0.3, 0.4) is 0 Å². The molecule has 0 spiro atoms. The van der Waals surface area contributed by atoms with E-state index in [-0.39, 0.29) is 5.97 Å². The summed E-state index contributed by atoms with van der Waals surface area (Å²) in [6, 6.07) is 0. The molecule has 0 heterocycles. The standard InChI is InChI=1S/C11H21O5P/c1-5-13-11(12)8-10(4)9-16-17(14-6-2)15-7-3/h8H,5-7,9H2,1-4H3/b10-8+. The molecule has 0 aromatic carbocycles. The van der Waals surface area contributed by atoms with Gasteiger partial charge in [-0.25, -0.2) is 4.79 Å². The molecule has 5 nitrogen and oxygen atoms in total. The summed E-state index contributed by atoms with van der Waals surface area (Å²) in [6.45, 7) is 9.04. The summed E-state index contributed by atoms with van der Waals surface area (Å²) in [5.41, 5.74) is 0.773. The minimum absolute atomic E-state index is 0.296. The molecule has 0 rings (SSSR count). The molecular formula is C11H21O5P. The summed E-state index contributed by atoms with van der Waals surface area (Å²) in [6.07, 6.45) is 1.41. The Bertz CT molecular complexity index is 236. The van der Waals surface area contributed by atoms with E-state index in [9.17, 15) is 4.79 Å². The van der Waals surface area contributed by atoms with Gasteiger partial charge in [-0.15, -0.1) is 0 Å². The Hall–Kier alpha value is -0.480. The van der Waals surface area contributed by atoms with Gasteiger partial charge in [0.1, 0.15) is 0 Å². The summed E-state index contributed by atoms with van der Waals surface area (Å²) in [4.78, 5) is 11.1. The molecular weight excluding hydrogens is 243 g/mol. The Morgan fingerprint density at radius 2 is 1.65 bits per heavy atom. The normalized spacial score (nSPS) is 11.9. The van der Waals surface area contributed by atoms with Gasteiger partial charge in [0.15, 0.2) is 0 Å². The Morgan fingerprint density at radius 3 is 2.12 bits per heavy atom. The average molecular weight is 264 g/mol. The van der Waals surface area contributed by atoms with E-state index in [2.05, 4.69) is 0 Å². The van der Waals surface area contributed by atoms with Crippen molar-refractivity contribution in [2.45, 2.75) is 27.7 Å². The molecule has 0 unspecified atom stereocenters. The predicted molar refractivity (Wildman–Crippen MR) is 66.5 cm³/mol. The van der Waals surface area contributed by atoms with Crippen molar-refractivity contribution in [2.75, 3.05) is 26.4 Å². The maximum atomic E-state index is 11.1. The van der Waals surface area contributed by atoms with Crippen LogP contribution in [-0.4, -0.2) is 32.4 Å². The predicted octanol–water partition coefficient (Wildman–Crippen LogP) is 2.81. The first-order valence-electron chi connectivity index (χ1n) is 5.66. The molecule has 6 heteroatoms. The molecule has 0 aromatic rings. The van der Waals surface area contributed by atoms with E-state index >= 15 is 0 Å². The lowest BCUT2D eigenvalue weighted by Crippen LogP contribution is -2.03. The van der Waals surface area contributed by atoms with Crippen molar-refractivity contribution in [1.82, 2.24) is 0 Å². The van der Waals surface area contributed by atoms with Crippen LogP contribution in [0.1, 0.15) is 27.7 Å². The van der Waals surface area contributed by atoms with Gasteiger partial charge in [0, 0.05) is 6.08 Å². The van der Waals surface area contributed by atoms with Crippen LogP contribution in [-0.2, 0) is 23.1 Å². The Kier molecular flexibility index (Phi) is 10.4. The fourth-order valence-corrected chi connectivity index (χ4v) is 1.86. The first-order chi connectivity index (χ1) is 8.13. The summed E-state index contributed by atoms with van der Waals surface area (Å²) >= 11 is 0. The van der Waals surface area contributed by atoms with Crippen LogP contribution < -0.4 is 0 Å². The van der Waals surface area contributed by atoms with Crippen molar-refractivity contribution in [3.05, 3.63) is 11.6 Å². The highest BCUT2D eigenvalue weighted by Crippen LogP contribution is 2.39. The van der Waals surface area contributed by atoms with E-state index in [4.69, 9.17) is 18.3 Å². The van der Waals surface area contributed by atoms with Gasteiger partial charge in [0.05, 0.1) is 26.4 Å². The highest BCUT2D eigenvalue weighted by Gasteiger charge is 2.11. The maximum Gasteiger partial charge on any atom is 0.332 e. The lowest BCUT2D eigenvalue weighted by molar-refractivity contribution is -0.137. The molecule has 100 valence electrons. The zero-order valence-corrected chi connectivity index (χ0v) is 11.8. The van der Waals surface area contributed by atoms with Gasteiger partial charge in [0.2, 0.25) is 0 Å². The zero-order chi connectivity index (χ0) is 13.1. The van der Waals surface area contributed by atoms with Crippen molar-refractivity contribution < 1.29 is 23.1 Å². The van der Waals surface area contributed by atoms with Crippen LogP contribution in [0.2, 0.25) is 0 Å². The molecule has 0 radical (unpaired) electrons. The Balaban J connectivity index is 4.01. The van der Waals surface area contributed by atoms with Gasteiger partial charge >= 0.3 is 14.6 Å². The molecule has 17 heavy (non-hydrogen) atoms. The van der Waals surface area contributed by atoms with Crippen LogP contribution in [0.25, 0.3) is 0 Å². The van der Waals surface area contributed by atoms with Crippen LogP contribution >= 0.6 is 8.60 Å². The molecule has 0 amide bonds. The number of ether oxygens (including phenoxy) is 1. The second kappa shape index (κ2) is 10.7. The van der Waals surface area contributed by atoms with Crippen LogP contribution in [0, 0.1) is 0 Å². The molecule has 0 aliphatic carbocycles. The molecule has 0 bridgehead atoms. The first-order valence-corrected chi connectivity index (χ1v) is 6.76. The maximum absolute atomic E-state index is 11.1. The largest absolute Gasteiger partial charge is 0.463 e. The molecule has 0 saturated heterocycles. The second-order valence-corrected chi connectivity index (χ2v) is 4.30. The molecule has 0 aliphatic heterocycles. The Labute approximate surface area is 104 Å². The quantitative estimate of drug-likeness (QED) is 0.364. The van der Waals surface area contributed by atoms with Gasteiger partial charge in [-0.1, -0.05) is 0 Å². The number of hydrogen-bond acceptors (Lipinski definition) is 5. The number of carbonyl (C=O) groups is 1. The van der Waals surface area contributed by atoms with Gasteiger partial charge < -0.3 is 18.3 Å². The van der Waals surface area contributed by atoms with Gasteiger partial charge in [-0.3, -0.25) is 0 Å². The summed E-state index contributed by atoms with van der Waals surface area (Å²) in [5, 5.41) is 0. The molecule has 0 N–H and O–H groups in total. The van der Waals surface area contributed by atoms with Gasteiger partial charge in [-0.05, 0) is 33.3 Å². The third-order valence-corrected chi connectivity index (χ3v) is 2.80. The zero-order valence-electron chi connectivity index (χ0n) is 10.9. The van der Waals surface area contributed by atoms with E-state index < -0.39 is 8.60 Å². The molecule has 0 atom stereocenters. The summed E-state index contributed by atoms with van der Waals surface area (Å²) in [5.74, 6) is -0.356. The van der Waals surface area contributed by atoms with Crippen molar-refractivity contribution >= 4 is 14.6 Å². The van der Waals surface area contributed by atoms with E-state index in [1.807, 2.05) is 13.8 Å². The fourth-order valence-electron chi connectivity index (χ4n) is 0.904. The average Bonchev–Trinajstić information content (AvgIpc) is 2.27. The summed E-state index contributed by atoms with van der Waals surface area (Å²) in [7, 11) is -1.32. The topological polar surface area (TPSA) is 54.0 Å². The molecule has 0 fully saturated rings. The fraction of sp³-hybridized carbons (Fsp3) is 0.727. The molecule has 0 aliphatic rings. The SMILES string of the molecule is CCOC(=O)/C=C(\C)COP(OCC)OCC. The van der Waals surface area contributed by atoms with Crippen molar-refractivity contribution in [3.63, 3.8) is 0 Å². The smallest absolute Gasteiger partial charge is 0.332 e. The van der Waals surface area contributed by atoms with Gasteiger partial charge in [0.25, 0.3) is 0 Å². The minimum atomic E-state index is -1.32. The van der Waals surface area contributed by atoms with Crippen LogP contribution in [0.5, 0.6) is 0 Å².